The van der Waals surface area contributed by atoms with Crippen molar-refractivity contribution >= 4 is 37.6 Å². The minimum Gasteiger partial charge on any atom is -0.480 e. The average Bonchev–Trinajstić information content (AvgIpc) is 2.36. The molecule has 0 fully saturated rings. The Morgan fingerprint density at radius 1 is 1.45 bits per heavy atom. The van der Waals surface area contributed by atoms with Gasteiger partial charge in [-0.15, -0.1) is 0 Å². The first-order chi connectivity index (χ1) is 10.0. The van der Waals surface area contributed by atoms with Gasteiger partial charge in [0.2, 0.25) is 10.0 Å². The van der Waals surface area contributed by atoms with Crippen LogP contribution in [0, 0.1) is 16.0 Å². The van der Waals surface area contributed by atoms with Crippen LogP contribution in [0.15, 0.2) is 27.6 Å². The van der Waals surface area contributed by atoms with E-state index in [-0.39, 0.29) is 27.4 Å². The molecule has 1 aromatic carbocycles. The van der Waals surface area contributed by atoms with Gasteiger partial charge in [-0.25, -0.2) is 8.42 Å². The van der Waals surface area contributed by atoms with Gasteiger partial charge in [-0.1, -0.05) is 13.8 Å². The van der Waals surface area contributed by atoms with Gasteiger partial charge in [-0.05, 0) is 34.3 Å². The number of nitrogens with one attached hydrogen (secondary N) is 1. The SMILES string of the molecule is CC(C)C[C@@H](NS(=O)(=O)c1ccc([N+](=O)[O-])cc1Br)C(=O)O. The smallest absolute Gasteiger partial charge is 0.321 e. The molecule has 0 spiro atoms. The number of carbonyl (C=O) groups is 1. The van der Waals surface area contributed by atoms with Gasteiger partial charge in [-0.3, -0.25) is 14.9 Å². The molecule has 0 saturated heterocycles. The summed E-state index contributed by atoms with van der Waals surface area (Å²) in [7, 11) is -4.12. The molecule has 122 valence electrons. The Kier molecular flexibility index (Phi) is 6.03. The number of nitro benzene ring substituents is 1. The summed E-state index contributed by atoms with van der Waals surface area (Å²) in [6.45, 7) is 3.54. The van der Waals surface area contributed by atoms with E-state index in [2.05, 4.69) is 20.7 Å². The molecule has 0 bridgehead atoms. The quantitative estimate of drug-likeness (QED) is 0.538. The molecule has 0 aliphatic heterocycles. The lowest BCUT2D eigenvalue weighted by Gasteiger charge is -2.17. The van der Waals surface area contributed by atoms with E-state index in [0.717, 1.165) is 18.2 Å². The zero-order chi connectivity index (χ0) is 17.1. The van der Waals surface area contributed by atoms with Crippen LogP contribution in [-0.2, 0) is 14.8 Å². The van der Waals surface area contributed by atoms with Crippen molar-refractivity contribution in [2.75, 3.05) is 0 Å². The fourth-order valence-electron chi connectivity index (χ4n) is 1.74. The van der Waals surface area contributed by atoms with Crippen LogP contribution in [0.1, 0.15) is 20.3 Å². The minimum atomic E-state index is -4.12. The third-order valence-corrected chi connectivity index (χ3v) is 5.17. The second-order valence-corrected chi connectivity index (χ2v) is 7.55. The molecular weight excluding hydrogens is 380 g/mol. The molecule has 0 unspecified atom stereocenters. The van der Waals surface area contributed by atoms with Gasteiger partial charge in [0.1, 0.15) is 6.04 Å². The number of nitrogens with zero attached hydrogens (tertiary/aromatic N) is 1. The predicted octanol–water partition coefficient (Wildman–Crippen LogP) is 2.13. The molecule has 0 heterocycles. The van der Waals surface area contributed by atoms with Crippen LogP contribution < -0.4 is 4.72 Å². The fourth-order valence-corrected chi connectivity index (χ4v) is 4.01. The summed E-state index contributed by atoms with van der Waals surface area (Å²) in [5, 5.41) is 19.7. The first kappa shape index (κ1) is 18.5. The Morgan fingerprint density at radius 3 is 2.45 bits per heavy atom. The maximum atomic E-state index is 12.3. The highest BCUT2D eigenvalue weighted by Crippen LogP contribution is 2.27. The Bertz CT molecular complexity index is 689. The van der Waals surface area contributed by atoms with Crippen molar-refractivity contribution in [1.29, 1.82) is 0 Å². The van der Waals surface area contributed by atoms with E-state index in [0.29, 0.717) is 0 Å². The third kappa shape index (κ3) is 4.75. The van der Waals surface area contributed by atoms with Crippen molar-refractivity contribution in [2.45, 2.75) is 31.2 Å². The van der Waals surface area contributed by atoms with E-state index >= 15 is 0 Å². The second kappa shape index (κ2) is 7.16. The molecule has 1 rings (SSSR count). The highest BCUT2D eigenvalue weighted by atomic mass is 79.9. The first-order valence-electron chi connectivity index (χ1n) is 6.23. The van der Waals surface area contributed by atoms with Gasteiger partial charge >= 0.3 is 5.97 Å². The zero-order valence-corrected chi connectivity index (χ0v) is 14.2. The molecule has 0 aliphatic carbocycles. The summed E-state index contributed by atoms with van der Waals surface area (Å²) in [5.74, 6) is -1.31. The summed E-state index contributed by atoms with van der Waals surface area (Å²) in [5.41, 5.74) is -0.275. The minimum absolute atomic E-state index is 0.0112. The van der Waals surface area contributed by atoms with Gasteiger partial charge in [-0.2, -0.15) is 4.72 Å². The van der Waals surface area contributed by atoms with E-state index in [1.165, 1.54) is 0 Å². The van der Waals surface area contributed by atoms with Crippen LogP contribution in [0.3, 0.4) is 0 Å². The molecule has 10 heteroatoms. The van der Waals surface area contributed by atoms with Crippen LogP contribution in [0.2, 0.25) is 0 Å². The molecule has 0 amide bonds. The lowest BCUT2D eigenvalue weighted by molar-refractivity contribution is -0.385. The number of nitro groups is 1. The summed E-state index contributed by atoms with van der Waals surface area (Å²) >= 11 is 2.96. The topological polar surface area (TPSA) is 127 Å². The van der Waals surface area contributed by atoms with Crippen LogP contribution in [-0.4, -0.2) is 30.5 Å². The molecule has 0 radical (unpaired) electrons. The number of rotatable bonds is 7. The molecule has 8 nitrogen and oxygen atoms in total. The molecule has 0 aliphatic rings. The van der Waals surface area contributed by atoms with Crippen LogP contribution in [0.5, 0.6) is 0 Å². The largest absolute Gasteiger partial charge is 0.480 e. The van der Waals surface area contributed by atoms with Crippen molar-refractivity contribution in [3.8, 4) is 0 Å². The van der Waals surface area contributed by atoms with Crippen molar-refractivity contribution < 1.29 is 23.2 Å². The van der Waals surface area contributed by atoms with Crippen molar-refractivity contribution in [3.05, 3.63) is 32.8 Å². The van der Waals surface area contributed by atoms with Gasteiger partial charge in [0.15, 0.2) is 0 Å². The van der Waals surface area contributed by atoms with E-state index in [1.54, 1.807) is 13.8 Å². The highest BCUT2D eigenvalue weighted by Gasteiger charge is 2.28. The Balaban J connectivity index is 3.13. The molecule has 1 atom stereocenters. The first-order valence-corrected chi connectivity index (χ1v) is 8.51. The number of hydrogen-bond donors (Lipinski definition) is 2. The van der Waals surface area contributed by atoms with Crippen LogP contribution >= 0.6 is 15.9 Å². The average molecular weight is 395 g/mol. The second-order valence-electron chi connectivity index (χ2n) is 5.01. The number of benzene rings is 1. The molecule has 0 aromatic heterocycles. The number of aliphatic carboxylic acids is 1. The number of sulfonamides is 1. The number of hydrogen-bond acceptors (Lipinski definition) is 5. The number of halogens is 1. The lowest BCUT2D eigenvalue weighted by atomic mass is 10.1. The van der Waals surface area contributed by atoms with Crippen LogP contribution in [0.4, 0.5) is 5.69 Å². The summed E-state index contributed by atoms with van der Waals surface area (Å²) in [6.07, 6.45) is 0.124. The molecule has 2 N–H and O–H groups in total. The third-order valence-electron chi connectivity index (χ3n) is 2.72. The monoisotopic (exact) mass is 394 g/mol. The van der Waals surface area contributed by atoms with Gasteiger partial charge in [0.05, 0.1) is 9.82 Å². The zero-order valence-electron chi connectivity index (χ0n) is 11.8. The Labute approximate surface area is 135 Å². The van der Waals surface area contributed by atoms with Crippen molar-refractivity contribution in [1.82, 2.24) is 4.72 Å². The van der Waals surface area contributed by atoms with E-state index in [9.17, 15) is 23.3 Å². The van der Waals surface area contributed by atoms with Gasteiger partial charge in [0.25, 0.3) is 5.69 Å². The van der Waals surface area contributed by atoms with Crippen molar-refractivity contribution in [3.63, 3.8) is 0 Å². The van der Waals surface area contributed by atoms with E-state index < -0.39 is 27.0 Å². The molecule has 22 heavy (non-hydrogen) atoms. The molecule has 0 saturated carbocycles. The maximum absolute atomic E-state index is 12.3. The van der Waals surface area contributed by atoms with E-state index in [4.69, 9.17) is 5.11 Å². The van der Waals surface area contributed by atoms with Crippen LogP contribution in [0.25, 0.3) is 0 Å². The fraction of sp³-hybridized carbons (Fsp3) is 0.417. The molecule has 1 aromatic rings. The van der Waals surface area contributed by atoms with Gasteiger partial charge < -0.3 is 5.11 Å². The normalized spacial score (nSPS) is 13.1. The summed E-state index contributed by atoms with van der Waals surface area (Å²) in [4.78, 5) is 20.9. The lowest BCUT2D eigenvalue weighted by Crippen LogP contribution is -2.41. The molecular formula is C12H15BrN2O6S. The van der Waals surface area contributed by atoms with Crippen molar-refractivity contribution in [2.24, 2.45) is 5.92 Å². The summed E-state index contributed by atoms with van der Waals surface area (Å²) < 4.78 is 26.6. The Hall–Kier alpha value is -1.52. The number of carboxylic acids is 1. The van der Waals surface area contributed by atoms with E-state index in [1.807, 2.05) is 0 Å². The standard InChI is InChI=1S/C12H15BrN2O6S/c1-7(2)5-10(12(16)17)14-22(20,21)11-4-3-8(15(18)19)6-9(11)13/h3-4,6-7,10,14H,5H2,1-2H3,(H,16,17)/t10-/m1/s1. The maximum Gasteiger partial charge on any atom is 0.321 e. The predicted molar refractivity (Wildman–Crippen MR) is 82.0 cm³/mol. The number of non-ortho nitro benzene ring substituents is 1. The van der Waals surface area contributed by atoms with Gasteiger partial charge in [0, 0.05) is 16.6 Å². The number of carboxylic acid groups (broad SMARTS) is 1. The summed E-state index contributed by atoms with van der Waals surface area (Å²) in [6, 6.07) is 1.87. The highest BCUT2D eigenvalue weighted by molar-refractivity contribution is 9.10. The Morgan fingerprint density at radius 2 is 2.05 bits per heavy atom.